The molecule has 0 aromatic rings. The summed E-state index contributed by atoms with van der Waals surface area (Å²) >= 11 is 10.7. The first-order valence-corrected chi connectivity index (χ1v) is 7.64. The zero-order valence-corrected chi connectivity index (χ0v) is 12.6. The Kier molecular flexibility index (Phi) is 5.10. The predicted molar refractivity (Wildman–Crippen MR) is 90.3 cm³/mol. The van der Waals surface area contributed by atoms with Crippen LogP contribution < -0.4 is 0 Å². The zero-order chi connectivity index (χ0) is 13.0. The number of hydrogen-bond donors (Lipinski definition) is 2. The van der Waals surface area contributed by atoms with Crippen LogP contribution in [0.3, 0.4) is 0 Å². The molecule has 3 heteroatoms. The van der Waals surface area contributed by atoms with E-state index < -0.39 is 0 Å². The minimum Gasteiger partial charge on any atom is -0.147 e. The van der Waals surface area contributed by atoms with E-state index in [0.717, 1.165) is 28.2 Å². The summed E-state index contributed by atoms with van der Waals surface area (Å²) in [5.74, 6) is 0. The third-order valence-electron chi connectivity index (χ3n) is 2.79. The molecule has 0 aliphatic heterocycles. The van der Waals surface area contributed by atoms with Crippen LogP contribution in [-0.4, -0.2) is 5.25 Å². The number of thiol groups is 2. The fourth-order valence-corrected chi connectivity index (χ4v) is 3.35. The van der Waals surface area contributed by atoms with Crippen molar-refractivity contribution < 1.29 is 0 Å². The van der Waals surface area contributed by atoms with Gasteiger partial charge in [0.25, 0.3) is 0 Å². The van der Waals surface area contributed by atoms with E-state index in [1.807, 2.05) is 23.9 Å². The Morgan fingerprint density at radius 3 is 2.89 bits per heavy atom. The number of thioether (sulfide) groups is 1. The van der Waals surface area contributed by atoms with Crippen LogP contribution in [0.2, 0.25) is 0 Å². The van der Waals surface area contributed by atoms with E-state index in [4.69, 9.17) is 0 Å². The molecule has 0 radical (unpaired) electrons. The summed E-state index contributed by atoms with van der Waals surface area (Å²) in [5.41, 5.74) is 1.15. The van der Waals surface area contributed by atoms with Crippen molar-refractivity contribution in [1.82, 2.24) is 0 Å². The van der Waals surface area contributed by atoms with Crippen molar-refractivity contribution in [2.24, 2.45) is 0 Å². The van der Waals surface area contributed by atoms with Gasteiger partial charge in [-0.25, -0.2) is 0 Å². The van der Waals surface area contributed by atoms with E-state index in [9.17, 15) is 0 Å². The molecule has 0 N–H and O–H groups in total. The van der Waals surface area contributed by atoms with Crippen LogP contribution >= 0.6 is 37.0 Å². The molecule has 0 heterocycles. The fraction of sp³-hybridized carbons (Fsp3) is 0.200. The maximum atomic E-state index is 4.48. The Hall–Kier alpha value is -0.510. The highest BCUT2D eigenvalue weighted by molar-refractivity contribution is 8.04. The summed E-state index contributed by atoms with van der Waals surface area (Å²) in [6.07, 6.45) is 16.7. The van der Waals surface area contributed by atoms with Crippen LogP contribution in [0.4, 0.5) is 0 Å². The van der Waals surface area contributed by atoms with Gasteiger partial charge in [0.05, 0.1) is 0 Å². The van der Waals surface area contributed by atoms with Gasteiger partial charge in [-0.1, -0.05) is 37.0 Å². The largest absolute Gasteiger partial charge is 0.147 e. The second kappa shape index (κ2) is 6.60. The average Bonchev–Trinajstić information content (AvgIpc) is 2.57. The smallest absolute Gasteiger partial charge is 0.0458 e. The SMILES string of the molecule is C=CC1=C(S)CCC(SC2C=CC=C(S)C=C2)=C1. The Morgan fingerprint density at radius 1 is 1.28 bits per heavy atom. The first-order valence-electron chi connectivity index (χ1n) is 5.86. The topological polar surface area (TPSA) is 0 Å². The van der Waals surface area contributed by atoms with Gasteiger partial charge in [0.2, 0.25) is 0 Å². The second-order valence-electron chi connectivity index (χ2n) is 4.13. The average molecular weight is 292 g/mol. The molecule has 0 aromatic carbocycles. The molecule has 1 atom stereocenters. The van der Waals surface area contributed by atoms with Crippen molar-refractivity contribution in [1.29, 1.82) is 0 Å². The van der Waals surface area contributed by atoms with E-state index in [2.05, 4.69) is 62.2 Å². The Morgan fingerprint density at radius 2 is 2.11 bits per heavy atom. The number of hydrogen-bond acceptors (Lipinski definition) is 3. The molecule has 0 amide bonds. The van der Waals surface area contributed by atoms with Crippen molar-refractivity contribution in [3.8, 4) is 0 Å². The molecule has 18 heavy (non-hydrogen) atoms. The molecule has 0 saturated carbocycles. The maximum Gasteiger partial charge on any atom is 0.0458 e. The van der Waals surface area contributed by atoms with Crippen LogP contribution in [0.5, 0.6) is 0 Å². The summed E-state index contributed by atoms with van der Waals surface area (Å²) < 4.78 is 0. The molecule has 2 rings (SSSR count). The quantitative estimate of drug-likeness (QED) is 0.684. The van der Waals surface area contributed by atoms with Crippen molar-refractivity contribution in [2.45, 2.75) is 18.1 Å². The third kappa shape index (κ3) is 3.74. The predicted octanol–water partition coefficient (Wildman–Crippen LogP) is 5.08. The molecule has 94 valence electrons. The lowest BCUT2D eigenvalue weighted by Crippen LogP contribution is -1.98. The molecule has 0 aromatic heterocycles. The normalized spacial score (nSPS) is 23.6. The van der Waals surface area contributed by atoms with Crippen molar-refractivity contribution >= 4 is 37.0 Å². The molecule has 0 bridgehead atoms. The first kappa shape index (κ1) is 13.9. The highest BCUT2D eigenvalue weighted by atomic mass is 32.2. The molecular formula is C15H16S3. The minimum atomic E-state index is 0.379. The summed E-state index contributed by atoms with van der Waals surface area (Å²) in [5, 5.41) is 0.379. The summed E-state index contributed by atoms with van der Waals surface area (Å²) in [7, 11) is 0. The number of rotatable bonds is 3. The molecule has 0 fully saturated rings. The monoisotopic (exact) mass is 292 g/mol. The van der Waals surface area contributed by atoms with Gasteiger partial charge >= 0.3 is 0 Å². The maximum absolute atomic E-state index is 4.48. The zero-order valence-electron chi connectivity index (χ0n) is 10.0. The first-order chi connectivity index (χ1) is 8.69. The van der Waals surface area contributed by atoms with E-state index in [-0.39, 0.29) is 0 Å². The van der Waals surface area contributed by atoms with Crippen molar-refractivity contribution in [2.75, 3.05) is 0 Å². The van der Waals surface area contributed by atoms with Gasteiger partial charge in [0.1, 0.15) is 0 Å². The van der Waals surface area contributed by atoms with Crippen LogP contribution in [0, 0.1) is 0 Å². The van der Waals surface area contributed by atoms with E-state index in [1.54, 1.807) is 0 Å². The number of allylic oxidation sites excluding steroid dienone is 8. The lowest BCUT2D eigenvalue weighted by Gasteiger charge is -2.17. The second-order valence-corrected chi connectivity index (χ2v) is 6.50. The molecule has 0 nitrogen and oxygen atoms in total. The van der Waals surface area contributed by atoms with Gasteiger partial charge < -0.3 is 0 Å². The molecule has 2 aliphatic carbocycles. The van der Waals surface area contributed by atoms with Crippen LogP contribution in [0.15, 0.2) is 69.4 Å². The van der Waals surface area contributed by atoms with Crippen LogP contribution in [0.1, 0.15) is 12.8 Å². The van der Waals surface area contributed by atoms with Crippen molar-refractivity contribution in [3.05, 3.63) is 69.4 Å². The molecular weight excluding hydrogens is 276 g/mol. The highest BCUT2D eigenvalue weighted by Gasteiger charge is 2.12. The molecule has 0 saturated heterocycles. The Bertz CT molecular complexity index is 490. The fourth-order valence-electron chi connectivity index (χ4n) is 1.81. The standard InChI is InChI=1S/C15H16S3/c1-2-11-10-14(8-9-15(11)17)18-13-5-3-4-12(16)6-7-13/h2-7,10,13,16-17H,1,8-9H2. The highest BCUT2D eigenvalue weighted by Crippen LogP contribution is 2.36. The van der Waals surface area contributed by atoms with Crippen LogP contribution in [-0.2, 0) is 0 Å². The summed E-state index contributed by atoms with van der Waals surface area (Å²) in [4.78, 5) is 3.53. The molecule has 2 aliphatic rings. The van der Waals surface area contributed by atoms with Gasteiger partial charge in [-0.3, -0.25) is 0 Å². The van der Waals surface area contributed by atoms with Crippen molar-refractivity contribution in [3.63, 3.8) is 0 Å². The molecule has 1 unspecified atom stereocenters. The van der Waals surface area contributed by atoms with Gasteiger partial charge in [0, 0.05) is 10.2 Å². The summed E-state index contributed by atoms with van der Waals surface area (Å²) in [6.45, 7) is 3.83. The van der Waals surface area contributed by atoms with Gasteiger partial charge in [-0.15, -0.1) is 37.0 Å². The lowest BCUT2D eigenvalue weighted by atomic mass is 10.1. The Balaban J connectivity index is 2.07. The van der Waals surface area contributed by atoms with Gasteiger partial charge in [-0.05, 0) is 40.4 Å². The Labute approximate surface area is 124 Å². The van der Waals surface area contributed by atoms with E-state index >= 15 is 0 Å². The van der Waals surface area contributed by atoms with Gasteiger partial charge in [-0.2, -0.15) is 0 Å². The lowest BCUT2D eigenvalue weighted by molar-refractivity contribution is 0.995. The minimum absolute atomic E-state index is 0.379. The molecule has 0 spiro atoms. The summed E-state index contributed by atoms with van der Waals surface area (Å²) in [6, 6.07) is 0. The third-order valence-corrected chi connectivity index (χ3v) is 4.78. The van der Waals surface area contributed by atoms with E-state index in [1.165, 1.54) is 4.91 Å². The van der Waals surface area contributed by atoms with Gasteiger partial charge in [0.15, 0.2) is 0 Å². The van der Waals surface area contributed by atoms with Crippen LogP contribution in [0.25, 0.3) is 0 Å². The van der Waals surface area contributed by atoms with E-state index in [0.29, 0.717) is 5.25 Å².